The number of hydrogen-bond acceptors (Lipinski definition) is 3. The van der Waals surface area contributed by atoms with Crippen molar-refractivity contribution >= 4 is 15.9 Å². The lowest BCUT2D eigenvalue weighted by molar-refractivity contribution is 0.195. The molecule has 0 aromatic heterocycles. The summed E-state index contributed by atoms with van der Waals surface area (Å²) < 4.78 is 6.66. The molecular weight excluding hydrogens is 306 g/mol. The molecule has 0 aliphatic rings. The van der Waals surface area contributed by atoms with Gasteiger partial charge in [0.2, 0.25) is 0 Å². The van der Waals surface area contributed by atoms with Gasteiger partial charge in [-0.25, -0.2) is 0 Å². The molecule has 2 aromatic rings. The minimum atomic E-state index is -0.658. The molecule has 0 spiro atoms. The van der Waals surface area contributed by atoms with Gasteiger partial charge in [0.1, 0.15) is 11.5 Å². The van der Waals surface area contributed by atoms with E-state index in [1.807, 2.05) is 24.3 Å². The number of rotatable bonds is 3. The fourth-order valence-electron chi connectivity index (χ4n) is 1.69. The Morgan fingerprint density at radius 2 is 2.05 bits per heavy atom. The van der Waals surface area contributed by atoms with Crippen LogP contribution in [-0.4, -0.2) is 5.11 Å². The van der Waals surface area contributed by atoms with E-state index < -0.39 is 6.10 Å². The Bertz CT molecular complexity index is 632. The van der Waals surface area contributed by atoms with Crippen LogP contribution < -0.4 is 4.74 Å². The third-order valence-corrected chi connectivity index (χ3v) is 3.11. The maximum absolute atomic E-state index is 9.73. The highest BCUT2D eigenvalue weighted by Crippen LogP contribution is 2.31. The molecule has 4 heteroatoms. The molecule has 1 N–H and O–H groups in total. The fourth-order valence-corrected chi connectivity index (χ4v) is 2.07. The second kappa shape index (κ2) is 5.87. The number of aliphatic hydroxyl groups excluding tert-OH is 1. The second-order valence-corrected chi connectivity index (χ2v) is 5.02. The SMILES string of the molecule is CC(O)c1ccc(C#N)cc1Oc1cccc(Br)c1. The first-order valence-corrected chi connectivity index (χ1v) is 6.55. The molecule has 0 aliphatic carbocycles. The largest absolute Gasteiger partial charge is 0.457 e. The smallest absolute Gasteiger partial charge is 0.134 e. The maximum atomic E-state index is 9.73. The molecule has 0 bridgehead atoms. The van der Waals surface area contributed by atoms with Crippen molar-refractivity contribution in [1.82, 2.24) is 0 Å². The normalized spacial score (nSPS) is 11.7. The van der Waals surface area contributed by atoms with Crippen LogP contribution >= 0.6 is 15.9 Å². The monoisotopic (exact) mass is 317 g/mol. The summed E-state index contributed by atoms with van der Waals surface area (Å²) in [5, 5.41) is 18.7. The molecule has 1 unspecified atom stereocenters. The van der Waals surface area contributed by atoms with E-state index in [0.717, 1.165) is 4.47 Å². The number of aliphatic hydroxyl groups is 1. The number of halogens is 1. The summed E-state index contributed by atoms with van der Waals surface area (Å²) >= 11 is 3.37. The molecule has 0 amide bonds. The van der Waals surface area contributed by atoms with Gasteiger partial charge in [0.25, 0.3) is 0 Å². The number of nitriles is 1. The van der Waals surface area contributed by atoms with Crippen LogP contribution in [0.3, 0.4) is 0 Å². The summed E-state index contributed by atoms with van der Waals surface area (Å²) in [6.07, 6.45) is -0.658. The molecule has 3 nitrogen and oxygen atoms in total. The van der Waals surface area contributed by atoms with Crippen molar-refractivity contribution in [2.45, 2.75) is 13.0 Å². The van der Waals surface area contributed by atoms with Crippen LogP contribution in [0.4, 0.5) is 0 Å². The molecule has 0 fully saturated rings. The maximum Gasteiger partial charge on any atom is 0.134 e. The molecule has 0 aliphatic heterocycles. The molecule has 2 rings (SSSR count). The van der Waals surface area contributed by atoms with Crippen molar-refractivity contribution in [3.63, 3.8) is 0 Å². The summed E-state index contributed by atoms with van der Waals surface area (Å²) in [7, 11) is 0. The zero-order chi connectivity index (χ0) is 13.8. The summed E-state index contributed by atoms with van der Waals surface area (Å²) in [4.78, 5) is 0. The Labute approximate surface area is 120 Å². The lowest BCUT2D eigenvalue weighted by Gasteiger charge is -2.13. The van der Waals surface area contributed by atoms with Gasteiger partial charge >= 0.3 is 0 Å². The van der Waals surface area contributed by atoms with Crippen LogP contribution in [0.15, 0.2) is 46.9 Å². The van der Waals surface area contributed by atoms with Gasteiger partial charge < -0.3 is 9.84 Å². The van der Waals surface area contributed by atoms with Crippen molar-refractivity contribution in [2.24, 2.45) is 0 Å². The third-order valence-electron chi connectivity index (χ3n) is 2.62. The Morgan fingerprint density at radius 3 is 2.68 bits per heavy atom. The van der Waals surface area contributed by atoms with E-state index >= 15 is 0 Å². The van der Waals surface area contributed by atoms with E-state index in [2.05, 4.69) is 22.0 Å². The third kappa shape index (κ3) is 3.34. The van der Waals surface area contributed by atoms with Gasteiger partial charge in [0.05, 0.1) is 17.7 Å². The van der Waals surface area contributed by atoms with Crippen LogP contribution in [0.1, 0.15) is 24.2 Å². The van der Waals surface area contributed by atoms with Crippen molar-refractivity contribution < 1.29 is 9.84 Å². The second-order valence-electron chi connectivity index (χ2n) is 4.10. The van der Waals surface area contributed by atoms with E-state index in [4.69, 9.17) is 10.00 Å². The molecule has 19 heavy (non-hydrogen) atoms. The lowest BCUT2D eigenvalue weighted by atomic mass is 10.1. The first-order valence-electron chi connectivity index (χ1n) is 5.75. The summed E-state index contributed by atoms with van der Waals surface area (Å²) in [5.74, 6) is 1.14. The number of nitrogens with zero attached hydrogens (tertiary/aromatic N) is 1. The van der Waals surface area contributed by atoms with Gasteiger partial charge in [-0.15, -0.1) is 0 Å². The zero-order valence-electron chi connectivity index (χ0n) is 10.3. The van der Waals surface area contributed by atoms with Crippen molar-refractivity contribution in [2.75, 3.05) is 0 Å². The molecule has 0 heterocycles. The molecule has 2 aromatic carbocycles. The van der Waals surface area contributed by atoms with E-state index in [0.29, 0.717) is 22.6 Å². The van der Waals surface area contributed by atoms with Crippen molar-refractivity contribution in [3.05, 3.63) is 58.1 Å². The molecular formula is C15H12BrNO2. The highest BCUT2D eigenvalue weighted by Gasteiger charge is 2.11. The summed E-state index contributed by atoms with van der Waals surface area (Å²) in [5.41, 5.74) is 1.15. The van der Waals surface area contributed by atoms with E-state index in [1.165, 1.54) is 0 Å². The van der Waals surface area contributed by atoms with Crippen LogP contribution in [0.25, 0.3) is 0 Å². The minimum Gasteiger partial charge on any atom is -0.457 e. The first-order chi connectivity index (χ1) is 9.10. The summed E-state index contributed by atoms with van der Waals surface area (Å²) in [6, 6.07) is 14.4. The van der Waals surface area contributed by atoms with E-state index in [1.54, 1.807) is 25.1 Å². The van der Waals surface area contributed by atoms with E-state index in [-0.39, 0.29) is 0 Å². The molecule has 0 radical (unpaired) electrons. The van der Waals surface area contributed by atoms with Crippen molar-refractivity contribution in [3.8, 4) is 17.6 Å². The standard InChI is InChI=1S/C15H12BrNO2/c1-10(18)14-6-5-11(9-17)7-15(14)19-13-4-2-3-12(16)8-13/h2-8,10,18H,1H3. The van der Waals surface area contributed by atoms with Crippen LogP contribution in [0.5, 0.6) is 11.5 Å². The average Bonchev–Trinajstić information content (AvgIpc) is 2.38. The Balaban J connectivity index is 2.40. The van der Waals surface area contributed by atoms with Crippen LogP contribution in [0.2, 0.25) is 0 Å². The van der Waals surface area contributed by atoms with Crippen LogP contribution in [0, 0.1) is 11.3 Å². The number of benzene rings is 2. The average molecular weight is 318 g/mol. The fraction of sp³-hybridized carbons (Fsp3) is 0.133. The predicted molar refractivity (Wildman–Crippen MR) is 76.0 cm³/mol. The lowest BCUT2D eigenvalue weighted by Crippen LogP contribution is -1.97. The van der Waals surface area contributed by atoms with Gasteiger partial charge in [0.15, 0.2) is 0 Å². The predicted octanol–water partition coefficient (Wildman–Crippen LogP) is 4.17. The Kier molecular flexibility index (Phi) is 4.20. The molecule has 96 valence electrons. The van der Waals surface area contributed by atoms with Gasteiger partial charge in [0, 0.05) is 10.0 Å². The summed E-state index contributed by atoms with van der Waals surface area (Å²) in [6.45, 7) is 1.66. The van der Waals surface area contributed by atoms with Crippen LogP contribution in [-0.2, 0) is 0 Å². The van der Waals surface area contributed by atoms with Gasteiger partial charge in [-0.3, -0.25) is 0 Å². The molecule has 1 atom stereocenters. The quantitative estimate of drug-likeness (QED) is 0.924. The van der Waals surface area contributed by atoms with Crippen molar-refractivity contribution in [1.29, 1.82) is 5.26 Å². The van der Waals surface area contributed by atoms with Gasteiger partial charge in [-0.2, -0.15) is 5.26 Å². The number of ether oxygens (including phenoxy) is 1. The minimum absolute atomic E-state index is 0.493. The highest BCUT2D eigenvalue weighted by molar-refractivity contribution is 9.10. The van der Waals surface area contributed by atoms with E-state index in [9.17, 15) is 5.11 Å². The molecule has 0 saturated carbocycles. The first kappa shape index (κ1) is 13.6. The topological polar surface area (TPSA) is 53.2 Å². The Morgan fingerprint density at radius 1 is 1.26 bits per heavy atom. The number of hydrogen-bond donors (Lipinski definition) is 1. The zero-order valence-corrected chi connectivity index (χ0v) is 11.9. The Hall–Kier alpha value is -1.83. The van der Waals surface area contributed by atoms with Gasteiger partial charge in [-0.1, -0.05) is 28.1 Å². The molecule has 0 saturated heterocycles. The van der Waals surface area contributed by atoms with Gasteiger partial charge in [-0.05, 0) is 37.3 Å². The highest BCUT2D eigenvalue weighted by atomic mass is 79.9.